The molecule has 1 aromatic rings. The number of nitrogens with one attached hydrogen (secondary N) is 2. The molecule has 1 unspecified atom stereocenters. The van der Waals surface area contributed by atoms with E-state index in [1.807, 2.05) is 12.1 Å². The lowest BCUT2D eigenvalue weighted by molar-refractivity contribution is -0.122. The van der Waals surface area contributed by atoms with E-state index in [1.165, 1.54) is 5.56 Å². The monoisotopic (exact) mass is 274 g/mol. The summed E-state index contributed by atoms with van der Waals surface area (Å²) < 4.78 is 5.43. The zero-order chi connectivity index (χ0) is 13.9. The van der Waals surface area contributed by atoms with Crippen molar-refractivity contribution < 1.29 is 9.53 Å². The van der Waals surface area contributed by atoms with Gasteiger partial charge >= 0.3 is 0 Å². The molecule has 0 aromatic heterocycles. The average Bonchev–Trinajstić information content (AvgIpc) is 2.44. The molecule has 108 valence electrons. The Bertz CT molecular complexity index is 473. The maximum atomic E-state index is 11.1. The number of carbonyl (C=O) groups excluding carboxylic acids is 1. The largest absolute Gasteiger partial charge is 0.496 e. The molecule has 3 rings (SSSR count). The van der Waals surface area contributed by atoms with Crippen LogP contribution in [0.3, 0.4) is 0 Å². The quantitative estimate of drug-likeness (QED) is 0.880. The average molecular weight is 274 g/mol. The van der Waals surface area contributed by atoms with Crippen molar-refractivity contribution in [3.63, 3.8) is 0 Å². The molecule has 4 nitrogen and oxygen atoms in total. The smallest absolute Gasteiger partial charge is 0.220 e. The van der Waals surface area contributed by atoms with E-state index in [0.29, 0.717) is 24.4 Å². The minimum atomic E-state index is 0.184. The lowest BCUT2D eigenvalue weighted by Crippen LogP contribution is -2.52. The molecule has 1 saturated carbocycles. The van der Waals surface area contributed by atoms with Crippen LogP contribution in [0.25, 0.3) is 0 Å². The summed E-state index contributed by atoms with van der Waals surface area (Å²) in [6.07, 6.45) is 3.93. The first-order chi connectivity index (χ1) is 9.76. The van der Waals surface area contributed by atoms with Crippen LogP contribution < -0.4 is 15.4 Å². The molecule has 0 spiro atoms. The molecule has 0 radical (unpaired) electrons. The Morgan fingerprint density at radius 3 is 2.75 bits per heavy atom. The molecule has 2 N–H and O–H groups in total. The molecule has 4 heteroatoms. The summed E-state index contributed by atoms with van der Waals surface area (Å²) in [7, 11) is 1.73. The maximum absolute atomic E-state index is 11.1. The fraction of sp³-hybridized carbons (Fsp3) is 0.562. The van der Waals surface area contributed by atoms with Crippen molar-refractivity contribution in [2.24, 2.45) is 0 Å². The highest BCUT2D eigenvalue weighted by Crippen LogP contribution is 2.41. The Kier molecular flexibility index (Phi) is 3.92. The molecule has 2 aliphatic rings. The lowest BCUT2D eigenvalue weighted by atomic mass is 9.75. The van der Waals surface area contributed by atoms with Gasteiger partial charge in [0, 0.05) is 25.0 Å². The molecule has 2 fully saturated rings. The van der Waals surface area contributed by atoms with Crippen LogP contribution in [0, 0.1) is 0 Å². The van der Waals surface area contributed by atoms with Crippen LogP contribution >= 0.6 is 0 Å². The summed E-state index contributed by atoms with van der Waals surface area (Å²) in [5.74, 6) is 1.78. The summed E-state index contributed by atoms with van der Waals surface area (Å²) in [5, 5.41) is 6.58. The highest BCUT2D eigenvalue weighted by molar-refractivity contribution is 5.76. The van der Waals surface area contributed by atoms with Crippen LogP contribution in [0.1, 0.15) is 37.2 Å². The van der Waals surface area contributed by atoms with Gasteiger partial charge in [0.1, 0.15) is 5.75 Å². The third kappa shape index (κ3) is 2.80. The SMILES string of the molecule is COc1ccccc1C1CC(NC2CCC(=O)NC2)C1. The van der Waals surface area contributed by atoms with Gasteiger partial charge in [-0.15, -0.1) is 0 Å². The number of piperidine rings is 1. The first kappa shape index (κ1) is 13.4. The van der Waals surface area contributed by atoms with Crippen molar-refractivity contribution >= 4 is 5.91 Å². The predicted molar refractivity (Wildman–Crippen MR) is 77.9 cm³/mol. The Hall–Kier alpha value is -1.55. The topological polar surface area (TPSA) is 50.4 Å². The van der Waals surface area contributed by atoms with Crippen molar-refractivity contribution in [1.82, 2.24) is 10.6 Å². The summed E-state index contributed by atoms with van der Waals surface area (Å²) in [6, 6.07) is 9.31. The van der Waals surface area contributed by atoms with Gasteiger partial charge < -0.3 is 15.4 Å². The summed E-state index contributed by atoms with van der Waals surface area (Å²) in [5.41, 5.74) is 1.32. The van der Waals surface area contributed by atoms with Gasteiger partial charge in [0.2, 0.25) is 5.91 Å². The number of hydrogen-bond donors (Lipinski definition) is 2. The van der Waals surface area contributed by atoms with Crippen molar-refractivity contribution in [2.45, 2.75) is 43.7 Å². The number of hydrogen-bond acceptors (Lipinski definition) is 3. The molecule has 1 saturated heterocycles. The third-order valence-electron chi connectivity index (χ3n) is 4.45. The van der Waals surface area contributed by atoms with Gasteiger partial charge in [-0.2, -0.15) is 0 Å². The van der Waals surface area contributed by atoms with Crippen LogP contribution in [-0.4, -0.2) is 31.6 Å². The lowest BCUT2D eigenvalue weighted by Gasteiger charge is -2.40. The molecular weight excluding hydrogens is 252 g/mol. The summed E-state index contributed by atoms with van der Waals surface area (Å²) >= 11 is 0. The molecule has 1 amide bonds. The first-order valence-corrected chi connectivity index (χ1v) is 7.42. The standard InChI is InChI=1S/C16H22N2O2/c1-20-15-5-3-2-4-14(15)11-8-13(9-11)18-12-6-7-16(19)17-10-12/h2-5,11-13,18H,6-10H2,1H3,(H,17,19). The second-order valence-corrected chi connectivity index (χ2v) is 5.81. The minimum absolute atomic E-state index is 0.184. The second kappa shape index (κ2) is 5.83. The van der Waals surface area contributed by atoms with E-state index in [1.54, 1.807) is 7.11 Å². The number of para-hydroxylation sites is 1. The fourth-order valence-electron chi connectivity index (χ4n) is 3.22. The molecule has 20 heavy (non-hydrogen) atoms. The first-order valence-electron chi connectivity index (χ1n) is 7.42. The number of carbonyl (C=O) groups is 1. The molecular formula is C16H22N2O2. The van der Waals surface area contributed by atoms with Crippen molar-refractivity contribution in [3.05, 3.63) is 29.8 Å². The van der Waals surface area contributed by atoms with Crippen molar-refractivity contribution in [1.29, 1.82) is 0 Å². The van der Waals surface area contributed by atoms with Gasteiger partial charge in [-0.25, -0.2) is 0 Å². The molecule has 1 atom stereocenters. The van der Waals surface area contributed by atoms with Gasteiger partial charge in [-0.1, -0.05) is 18.2 Å². The van der Waals surface area contributed by atoms with Crippen LogP contribution in [0.2, 0.25) is 0 Å². The van der Waals surface area contributed by atoms with E-state index in [0.717, 1.165) is 31.6 Å². The van der Waals surface area contributed by atoms with E-state index in [-0.39, 0.29) is 5.91 Å². The van der Waals surface area contributed by atoms with Crippen LogP contribution in [0.15, 0.2) is 24.3 Å². The van der Waals surface area contributed by atoms with Gasteiger partial charge in [0.25, 0.3) is 0 Å². The Balaban J connectivity index is 1.50. The zero-order valence-electron chi connectivity index (χ0n) is 11.9. The van der Waals surface area contributed by atoms with Crippen LogP contribution in [0.4, 0.5) is 0 Å². The van der Waals surface area contributed by atoms with E-state index < -0.39 is 0 Å². The van der Waals surface area contributed by atoms with Crippen LogP contribution in [-0.2, 0) is 4.79 Å². The fourth-order valence-corrected chi connectivity index (χ4v) is 3.22. The molecule has 1 heterocycles. The normalized spacial score (nSPS) is 29.4. The predicted octanol–water partition coefficient (Wildman–Crippen LogP) is 1.81. The van der Waals surface area contributed by atoms with E-state index in [9.17, 15) is 4.79 Å². The maximum Gasteiger partial charge on any atom is 0.220 e. The molecule has 1 aromatic carbocycles. The van der Waals surface area contributed by atoms with Crippen molar-refractivity contribution in [3.8, 4) is 5.75 Å². The highest BCUT2D eigenvalue weighted by Gasteiger charge is 2.33. The van der Waals surface area contributed by atoms with E-state index in [4.69, 9.17) is 4.74 Å². The third-order valence-corrected chi connectivity index (χ3v) is 4.45. The van der Waals surface area contributed by atoms with Gasteiger partial charge in [0.15, 0.2) is 0 Å². The van der Waals surface area contributed by atoms with E-state index >= 15 is 0 Å². The van der Waals surface area contributed by atoms with Gasteiger partial charge in [0.05, 0.1) is 7.11 Å². The van der Waals surface area contributed by atoms with Gasteiger partial charge in [-0.05, 0) is 36.8 Å². The van der Waals surface area contributed by atoms with Crippen LogP contribution in [0.5, 0.6) is 5.75 Å². The zero-order valence-corrected chi connectivity index (χ0v) is 11.9. The minimum Gasteiger partial charge on any atom is -0.496 e. The van der Waals surface area contributed by atoms with Crippen molar-refractivity contribution in [2.75, 3.05) is 13.7 Å². The highest BCUT2D eigenvalue weighted by atomic mass is 16.5. The number of amides is 1. The molecule has 1 aliphatic heterocycles. The Morgan fingerprint density at radius 2 is 2.05 bits per heavy atom. The number of ether oxygens (including phenoxy) is 1. The summed E-state index contributed by atoms with van der Waals surface area (Å²) in [4.78, 5) is 11.1. The molecule has 1 aliphatic carbocycles. The summed E-state index contributed by atoms with van der Waals surface area (Å²) in [6.45, 7) is 0.772. The second-order valence-electron chi connectivity index (χ2n) is 5.81. The number of rotatable bonds is 4. The number of methoxy groups -OCH3 is 1. The molecule has 0 bridgehead atoms. The van der Waals surface area contributed by atoms with Gasteiger partial charge in [-0.3, -0.25) is 4.79 Å². The Labute approximate surface area is 119 Å². The Morgan fingerprint density at radius 1 is 1.25 bits per heavy atom. The number of benzene rings is 1. The van der Waals surface area contributed by atoms with E-state index in [2.05, 4.69) is 22.8 Å².